The zero-order valence-corrected chi connectivity index (χ0v) is 12.5. The van der Waals surface area contributed by atoms with Gasteiger partial charge in [0.2, 0.25) is 0 Å². The molecule has 0 spiro atoms. The zero-order chi connectivity index (χ0) is 14.9. The Bertz CT molecular complexity index is 752. The molecule has 0 radical (unpaired) electrons. The number of aromatic nitrogens is 2. The Labute approximate surface area is 123 Å². The van der Waals surface area contributed by atoms with E-state index in [-0.39, 0.29) is 10.6 Å². The van der Waals surface area contributed by atoms with Crippen LogP contribution in [-0.4, -0.2) is 37.2 Å². The predicted octanol–water partition coefficient (Wildman–Crippen LogP) is 1.21. The van der Waals surface area contributed by atoms with Crippen molar-refractivity contribution in [1.29, 1.82) is 0 Å². The number of rotatable bonds is 4. The summed E-state index contributed by atoms with van der Waals surface area (Å²) in [6.45, 7) is 0.923. The summed E-state index contributed by atoms with van der Waals surface area (Å²) in [6.07, 6.45) is 3.93. The molecular formula is C14H16N2O4S. The molecular weight excluding hydrogens is 292 g/mol. The third kappa shape index (κ3) is 3.02. The van der Waals surface area contributed by atoms with Crippen LogP contribution in [0.1, 0.15) is 5.56 Å². The molecule has 1 aliphatic heterocycles. The quantitative estimate of drug-likeness (QED) is 0.849. The van der Waals surface area contributed by atoms with Crippen LogP contribution in [0.5, 0.6) is 11.5 Å². The average Bonchev–Trinajstić information content (AvgIpc) is 2.90. The Balaban J connectivity index is 1.78. The van der Waals surface area contributed by atoms with Gasteiger partial charge in [0.1, 0.15) is 13.2 Å². The van der Waals surface area contributed by atoms with Gasteiger partial charge in [0.05, 0.1) is 16.8 Å². The van der Waals surface area contributed by atoms with Crippen LogP contribution >= 0.6 is 0 Å². The van der Waals surface area contributed by atoms with Crippen molar-refractivity contribution < 1.29 is 17.9 Å². The molecule has 0 bridgehead atoms. The number of ether oxygens (including phenoxy) is 2. The molecule has 2 heterocycles. The van der Waals surface area contributed by atoms with Gasteiger partial charge >= 0.3 is 0 Å². The van der Waals surface area contributed by atoms with Crippen LogP contribution in [0.4, 0.5) is 0 Å². The second-order valence-corrected chi connectivity index (χ2v) is 7.01. The molecule has 7 heteroatoms. The van der Waals surface area contributed by atoms with E-state index in [2.05, 4.69) is 5.10 Å². The number of hydrogen-bond donors (Lipinski definition) is 0. The minimum absolute atomic E-state index is 0.0400. The summed E-state index contributed by atoms with van der Waals surface area (Å²) in [7, 11) is -1.55. The van der Waals surface area contributed by atoms with E-state index in [1.165, 1.54) is 6.07 Å². The highest BCUT2D eigenvalue weighted by Crippen LogP contribution is 2.32. The van der Waals surface area contributed by atoms with E-state index in [0.717, 1.165) is 5.56 Å². The topological polar surface area (TPSA) is 70.4 Å². The van der Waals surface area contributed by atoms with Gasteiger partial charge in [0.15, 0.2) is 21.3 Å². The van der Waals surface area contributed by atoms with Gasteiger partial charge < -0.3 is 9.47 Å². The summed E-state index contributed by atoms with van der Waals surface area (Å²) < 4.78 is 37.2. The minimum atomic E-state index is -3.36. The van der Waals surface area contributed by atoms with E-state index in [9.17, 15) is 8.42 Å². The second kappa shape index (κ2) is 5.40. The van der Waals surface area contributed by atoms with Crippen molar-refractivity contribution in [3.63, 3.8) is 0 Å². The summed E-state index contributed by atoms with van der Waals surface area (Å²) in [5.41, 5.74) is 0.901. The summed E-state index contributed by atoms with van der Waals surface area (Å²) in [6, 6.07) is 4.74. The van der Waals surface area contributed by atoms with Crippen LogP contribution in [0.2, 0.25) is 0 Å². The van der Waals surface area contributed by atoms with Crippen LogP contribution in [0, 0.1) is 0 Å². The summed E-state index contributed by atoms with van der Waals surface area (Å²) in [5.74, 6) is 1.12. The van der Waals surface area contributed by atoms with Gasteiger partial charge in [-0.3, -0.25) is 4.68 Å². The maximum Gasteiger partial charge on any atom is 0.178 e. The lowest BCUT2D eigenvalue weighted by Crippen LogP contribution is -2.16. The fourth-order valence-corrected chi connectivity index (χ4v) is 3.49. The molecule has 0 N–H and O–H groups in total. The van der Waals surface area contributed by atoms with Crippen LogP contribution in [-0.2, 0) is 23.3 Å². The fourth-order valence-electron chi connectivity index (χ4n) is 2.19. The first-order valence-corrected chi connectivity index (χ1v) is 8.30. The van der Waals surface area contributed by atoms with Gasteiger partial charge in [-0.05, 0) is 24.1 Å². The smallest absolute Gasteiger partial charge is 0.178 e. The molecule has 2 aromatic rings. The lowest BCUT2D eigenvalue weighted by Gasteiger charge is -2.18. The maximum absolute atomic E-state index is 12.4. The third-order valence-corrected chi connectivity index (χ3v) is 5.00. The van der Waals surface area contributed by atoms with Crippen LogP contribution < -0.4 is 9.47 Å². The molecule has 0 unspecified atom stereocenters. The molecule has 1 aromatic heterocycles. The van der Waals surface area contributed by atoms with Gasteiger partial charge in [0, 0.05) is 19.3 Å². The fraction of sp³-hybridized carbons (Fsp3) is 0.357. The molecule has 112 valence electrons. The first-order valence-electron chi connectivity index (χ1n) is 6.64. The first kappa shape index (κ1) is 13.9. The molecule has 0 saturated carbocycles. The Morgan fingerprint density at radius 2 is 2.00 bits per heavy atom. The Morgan fingerprint density at radius 1 is 1.24 bits per heavy atom. The van der Waals surface area contributed by atoms with E-state index < -0.39 is 9.84 Å². The standard InChI is InChI=1S/C14H16N2O4S/c1-16-10-11(9-15-16)4-7-21(17,18)12-2-3-13-14(8-12)20-6-5-19-13/h2-3,8-10H,4-7H2,1H3. The van der Waals surface area contributed by atoms with E-state index in [0.29, 0.717) is 31.1 Å². The molecule has 1 aromatic carbocycles. The van der Waals surface area contributed by atoms with Crippen LogP contribution in [0.15, 0.2) is 35.5 Å². The van der Waals surface area contributed by atoms with Gasteiger partial charge in [-0.1, -0.05) is 0 Å². The monoisotopic (exact) mass is 308 g/mol. The largest absolute Gasteiger partial charge is 0.486 e. The van der Waals surface area contributed by atoms with Crippen molar-refractivity contribution in [2.45, 2.75) is 11.3 Å². The van der Waals surface area contributed by atoms with Crippen LogP contribution in [0.3, 0.4) is 0 Å². The number of sulfone groups is 1. The van der Waals surface area contributed by atoms with Crippen LogP contribution in [0.25, 0.3) is 0 Å². The molecule has 1 aliphatic rings. The van der Waals surface area contributed by atoms with E-state index in [4.69, 9.17) is 9.47 Å². The Hall–Kier alpha value is -2.02. The molecule has 3 rings (SSSR count). The number of aryl methyl sites for hydroxylation is 2. The number of fused-ring (bicyclic) bond motifs is 1. The van der Waals surface area contributed by atoms with Crippen molar-refractivity contribution in [1.82, 2.24) is 9.78 Å². The highest BCUT2D eigenvalue weighted by Gasteiger charge is 2.19. The summed E-state index contributed by atoms with van der Waals surface area (Å²) in [4.78, 5) is 0.260. The van der Waals surface area contributed by atoms with Crippen molar-refractivity contribution in [3.05, 3.63) is 36.2 Å². The highest BCUT2D eigenvalue weighted by molar-refractivity contribution is 7.91. The number of benzene rings is 1. The molecule has 0 fully saturated rings. The van der Waals surface area contributed by atoms with Gasteiger partial charge in [0.25, 0.3) is 0 Å². The van der Waals surface area contributed by atoms with Gasteiger partial charge in [-0.15, -0.1) is 0 Å². The molecule has 0 saturated heterocycles. The van der Waals surface area contributed by atoms with E-state index in [1.807, 2.05) is 6.20 Å². The lowest BCUT2D eigenvalue weighted by atomic mass is 10.3. The summed E-state index contributed by atoms with van der Waals surface area (Å²) >= 11 is 0. The average molecular weight is 308 g/mol. The van der Waals surface area contributed by atoms with Crippen molar-refractivity contribution in [3.8, 4) is 11.5 Å². The molecule has 6 nitrogen and oxygen atoms in total. The number of hydrogen-bond acceptors (Lipinski definition) is 5. The molecule has 0 atom stereocenters. The predicted molar refractivity (Wildman–Crippen MR) is 76.4 cm³/mol. The summed E-state index contributed by atoms with van der Waals surface area (Å²) in [5, 5.41) is 4.03. The van der Waals surface area contributed by atoms with Gasteiger partial charge in [-0.25, -0.2) is 8.42 Å². The van der Waals surface area contributed by atoms with Gasteiger partial charge in [-0.2, -0.15) is 5.10 Å². The lowest BCUT2D eigenvalue weighted by molar-refractivity contribution is 0.171. The Kier molecular flexibility index (Phi) is 3.59. The van der Waals surface area contributed by atoms with E-state index in [1.54, 1.807) is 30.1 Å². The second-order valence-electron chi connectivity index (χ2n) is 4.90. The minimum Gasteiger partial charge on any atom is -0.486 e. The molecule has 0 amide bonds. The molecule has 0 aliphatic carbocycles. The Morgan fingerprint density at radius 3 is 2.71 bits per heavy atom. The normalized spacial score (nSPS) is 14.1. The molecule has 21 heavy (non-hydrogen) atoms. The van der Waals surface area contributed by atoms with Crippen molar-refractivity contribution in [2.24, 2.45) is 7.05 Å². The SMILES string of the molecule is Cn1cc(CCS(=O)(=O)c2ccc3c(c2)OCCO3)cn1. The number of nitrogens with zero attached hydrogens (tertiary/aromatic N) is 2. The van der Waals surface area contributed by atoms with Crippen molar-refractivity contribution in [2.75, 3.05) is 19.0 Å². The maximum atomic E-state index is 12.4. The van der Waals surface area contributed by atoms with E-state index >= 15 is 0 Å². The third-order valence-electron chi connectivity index (χ3n) is 3.29. The first-order chi connectivity index (χ1) is 10.0. The zero-order valence-electron chi connectivity index (χ0n) is 11.7. The highest BCUT2D eigenvalue weighted by atomic mass is 32.2. The van der Waals surface area contributed by atoms with Crippen molar-refractivity contribution >= 4 is 9.84 Å².